The number of hydrogen-bond acceptors (Lipinski definition) is 4. The van der Waals surface area contributed by atoms with E-state index in [-0.39, 0.29) is 0 Å². The smallest absolute Gasteiger partial charge is 0.164 e. The van der Waals surface area contributed by atoms with Crippen LogP contribution in [0.5, 0.6) is 0 Å². The van der Waals surface area contributed by atoms with Gasteiger partial charge in [-0.25, -0.2) is 15.0 Å². The van der Waals surface area contributed by atoms with Crippen LogP contribution in [0.25, 0.3) is 98.8 Å². The Bertz CT molecular complexity index is 3540. The molecule has 0 bridgehead atoms. The largest absolute Gasteiger partial charge is 0.208 e. The number of fused-ring (bicyclic) bond motifs is 13. The fraction of sp³-hybridized carbons (Fsp3) is 0.0172. The molecule has 2 aliphatic rings. The SMILES string of the molecule is c1ccc(-c2nc(-c3ccc(-c4cccc5c4sc4ccccc45)cc3)nc(-c3cccc(-c4cccc5c4-c4ccccc4C54c5ccccc5-c5ccccc54)c3)n2)cc1. The normalized spacial score (nSPS) is 13.0. The molecule has 0 unspecified atom stereocenters. The Kier molecular flexibility index (Phi) is 7.69. The zero-order chi connectivity index (χ0) is 40.8. The monoisotopic (exact) mass is 805 g/mol. The van der Waals surface area contributed by atoms with E-state index < -0.39 is 5.41 Å². The quantitative estimate of drug-likeness (QED) is 0.174. The maximum atomic E-state index is 5.21. The highest BCUT2D eigenvalue weighted by atomic mass is 32.1. The fourth-order valence-electron chi connectivity index (χ4n) is 10.3. The van der Waals surface area contributed by atoms with E-state index in [1.165, 1.54) is 81.4 Å². The van der Waals surface area contributed by atoms with Gasteiger partial charge in [-0.05, 0) is 78.9 Å². The minimum Gasteiger partial charge on any atom is -0.208 e. The van der Waals surface area contributed by atoms with Crippen molar-refractivity contribution >= 4 is 31.5 Å². The molecular weight excluding hydrogens is 771 g/mol. The summed E-state index contributed by atoms with van der Waals surface area (Å²) in [6, 6.07) is 76.7. The second-order valence-corrected chi connectivity index (χ2v) is 17.3. The highest BCUT2D eigenvalue weighted by Gasteiger charge is 2.51. The van der Waals surface area contributed by atoms with E-state index in [0.717, 1.165) is 22.3 Å². The summed E-state index contributed by atoms with van der Waals surface area (Å²) in [4.78, 5) is 15.5. The molecule has 3 nitrogen and oxygen atoms in total. The maximum Gasteiger partial charge on any atom is 0.164 e. The number of benzene rings is 9. The fourth-order valence-corrected chi connectivity index (χ4v) is 11.6. The molecule has 4 heteroatoms. The first-order valence-electron chi connectivity index (χ1n) is 21.1. The number of aromatic nitrogens is 3. The van der Waals surface area contributed by atoms with Crippen LogP contribution in [0, 0.1) is 0 Å². The molecule has 288 valence electrons. The Hall–Kier alpha value is -7.79. The highest BCUT2D eigenvalue weighted by molar-refractivity contribution is 7.26. The first-order valence-corrected chi connectivity index (χ1v) is 21.9. The molecule has 62 heavy (non-hydrogen) atoms. The van der Waals surface area contributed by atoms with Crippen molar-refractivity contribution < 1.29 is 0 Å². The number of thiophene rings is 1. The first kappa shape index (κ1) is 35.0. The van der Waals surface area contributed by atoms with Gasteiger partial charge < -0.3 is 0 Å². The van der Waals surface area contributed by atoms with Crippen LogP contribution < -0.4 is 0 Å². The molecule has 2 aromatic heterocycles. The summed E-state index contributed by atoms with van der Waals surface area (Å²) in [5, 5.41) is 2.60. The van der Waals surface area contributed by atoms with E-state index in [2.05, 4.69) is 194 Å². The molecule has 1 spiro atoms. The summed E-state index contributed by atoms with van der Waals surface area (Å²) >= 11 is 1.85. The van der Waals surface area contributed by atoms with E-state index in [1.54, 1.807) is 0 Å². The third-order valence-electron chi connectivity index (χ3n) is 13.0. The lowest BCUT2D eigenvalue weighted by Gasteiger charge is -2.30. The van der Waals surface area contributed by atoms with Gasteiger partial charge in [0.05, 0.1) is 5.41 Å². The Morgan fingerprint density at radius 2 is 0.774 bits per heavy atom. The highest BCUT2D eigenvalue weighted by Crippen LogP contribution is 2.64. The second-order valence-electron chi connectivity index (χ2n) is 16.2. The summed E-state index contributed by atoms with van der Waals surface area (Å²) in [7, 11) is 0. The standard InChI is InChI=1S/C58H35N3S/c1-2-15-37(16-3-1)55-59-56(38-33-31-36(32-34-38)42-24-13-25-46-45-21-7-11-30-52(45)62-54(42)46)61-57(60-55)40-18-12-17-39(35-40)41-23-14-29-51-53(41)47-22-6-10-28-50(47)58(51)48-26-8-4-19-43(48)44-20-5-9-27-49(44)58/h1-35H. The van der Waals surface area contributed by atoms with Gasteiger partial charge in [-0.3, -0.25) is 0 Å². The van der Waals surface area contributed by atoms with E-state index >= 15 is 0 Å². The van der Waals surface area contributed by atoms with Crippen LogP contribution in [-0.4, -0.2) is 15.0 Å². The molecule has 0 saturated heterocycles. The topological polar surface area (TPSA) is 38.7 Å². The van der Waals surface area contributed by atoms with Gasteiger partial charge in [-0.15, -0.1) is 11.3 Å². The van der Waals surface area contributed by atoms with Gasteiger partial charge in [0, 0.05) is 36.9 Å². The molecule has 13 rings (SSSR count). The molecule has 0 atom stereocenters. The maximum absolute atomic E-state index is 5.21. The summed E-state index contributed by atoms with van der Waals surface area (Å²) in [5.74, 6) is 1.92. The van der Waals surface area contributed by atoms with Crippen molar-refractivity contribution in [3.63, 3.8) is 0 Å². The van der Waals surface area contributed by atoms with Crippen molar-refractivity contribution in [1.82, 2.24) is 15.0 Å². The third-order valence-corrected chi connectivity index (χ3v) is 14.2. The predicted octanol–water partition coefficient (Wildman–Crippen LogP) is 14.9. The molecule has 0 amide bonds. The molecule has 2 aliphatic carbocycles. The van der Waals surface area contributed by atoms with Gasteiger partial charge in [-0.2, -0.15) is 0 Å². The van der Waals surface area contributed by atoms with Crippen LogP contribution in [0.4, 0.5) is 0 Å². The molecule has 0 N–H and O–H groups in total. The van der Waals surface area contributed by atoms with Crippen LogP contribution in [0.15, 0.2) is 212 Å². The minimum absolute atomic E-state index is 0.402. The van der Waals surface area contributed by atoms with Crippen molar-refractivity contribution in [2.24, 2.45) is 0 Å². The van der Waals surface area contributed by atoms with Crippen LogP contribution in [-0.2, 0) is 5.41 Å². The third kappa shape index (κ3) is 5.08. The minimum atomic E-state index is -0.402. The van der Waals surface area contributed by atoms with Gasteiger partial charge >= 0.3 is 0 Å². The lowest BCUT2D eigenvalue weighted by atomic mass is 9.70. The van der Waals surface area contributed by atoms with Crippen LogP contribution in [0.2, 0.25) is 0 Å². The Morgan fingerprint density at radius 1 is 0.306 bits per heavy atom. The molecule has 0 fully saturated rings. The molecule has 9 aromatic carbocycles. The van der Waals surface area contributed by atoms with Crippen molar-refractivity contribution in [1.29, 1.82) is 0 Å². The summed E-state index contributed by atoms with van der Waals surface area (Å²) in [6.07, 6.45) is 0. The van der Waals surface area contributed by atoms with Crippen molar-refractivity contribution in [2.75, 3.05) is 0 Å². The van der Waals surface area contributed by atoms with Gasteiger partial charge in [0.1, 0.15) is 0 Å². The average Bonchev–Trinajstić information content (AvgIpc) is 3.99. The van der Waals surface area contributed by atoms with E-state index in [9.17, 15) is 0 Å². The zero-order valence-electron chi connectivity index (χ0n) is 33.5. The Morgan fingerprint density at radius 3 is 1.52 bits per heavy atom. The van der Waals surface area contributed by atoms with Crippen molar-refractivity contribution in [3.05, 3.63) is 235 Å². The van der Waals surface area contributed by atoms with Crippen LogP contribution in [0.3, 0.4) is 0 Å². The lowest BCUT2D eigenvalue weighted by Crippen LogP contribution is -2.25. The van der Waals surface area contributed by atoms with Crippen molar-refractivity contribution in [2.45, 2.75) is 5.41 Å². The second kappa shape index (κ2) is 13.6. The van der Waals surface area contributed by atoms with Gasteiger partial charge in [-0.1, -0.05) is 200 Å². The summed E-state index contributed by atoms with van der Waals surface area (Å²) in [6.45, 7) is 0. The van der Waals surface area contributed by atoms with Crippen LogP contribution >= 0.6 is 11.3 Å². The van der Waals surface area contributed by atoms with Crippen LogP contribution in [0.1, 0.15) is 22.3 Å². The number of hydrogen-bond donors (Lipinski definition) is 0. The molecule has 0 saturated carbocycles. The number of nitrogens with zero attached hydrogens (tertiary/aromatic N) is 3. The van der Waals surface area contributed by atoms with Gasteiger partial charge in [0.2, 0.25) is 0 Å². The summed E-state index contributed by atoms with van der Waals surface area (Å²) in [5.41, 5.74) is 17.6. The van der Waals surface area contributed by atoms with Gasteiger partial charge in [0.25, 0.3) is 0 Å². The molecule has 11 aromatic rings. The average molecular weight is 806 g/mol. The molecule has 2 heterocycles. The molecule has 0 radical (unpaired) electrons. The Labute approximate surface area is 363 Å². The lowest BCUT2D eigenvalue weighted by molar-refractivity contribution is 0.794. The van der Waals surface area contributed by atoms with E-state index in [1.807, 2.05) is 29.5 Å². The molecule has 0 aliphatic heterocycles. The zero-order valence-corrected chi connectivity index (χ0v) is 34.3. The predicted molar refractivity (Wildman–Crippen MR) is 256 cm³/mol. The van der Waals surface area contributed by atoms with Crippen molar-refractivity contribution in [3.8, 4) is 78.7 Å². The molecular formula is C58H35N3S. The van der Waals surface area contributed by atoms with E-state index in [0.29, 0.717) is 17.5 Å². The Balaban J connectivity index is 0.944. The summed E-state index contributed by atoms with van der Waals surface area (Å²) < 4.78 is 2.60. The van der Waals surface area contributed by atoms with Gasteiger partial charge in [0.15, 0.2) is 17.5 Å². The number of rotatable bonds is 5. The first-order chi connectivity index (χ1) is 30.7. The van der Waals surface area contributed by atoms with E-state index in [4.69, 9.17) is 15.0 Å².